The van der Waals surface area contributed by atoms with Gasteiger partial charge in [-0.3, -0.25) is 20.6 Å². The Bertz CT molecular complexity index is 98.3. The van der Waals surface area contributed by atoms with Gasteiger partial charge in [0, 0.05) is 12.4 Å². The molecule has 0 aromatic rings. The minimum atomic E-state index is 1.54. The van der Waals surface area contributed by atoms with Crippen molar-refractivity contribution in [2.24, 2.45) is 0 Å². The van der Waals surface area contributed by atoms with Crippen molar-refractivity contribution in [3.63, 3.8) is 0 Å². The zero-order chi connectivity index (χ0) is 7.66. The van der Waals surface area contributed by atoms with Gasteiger partial charge in [0.05, 0.1) is 14.2 Å². The number of hydrogen-bond acceptors (Lipinski definition) is 4. The minimum Gasteiger partial charge on any atom is -0.280 e. The van der Waals surface area contributed by atoms with Gasteiger partial charge < -0.3 is 0 Å². The molecule has 0 radical (unpaired) electrons. The van der Waals surface area contributed by atoms with Crippen molar-refractivity contribution in [1.82, 2.24) is 11.0 Å². The van der Waals surface area contributed by atoms with E-state index in [9.17, 15) is 0 Å². The molecule has 0 spiro atoms. The van der Waals surface area contributed by atoms with Crippen LogP contribution in [0.2, 0.25) is 0 Å². The van der Waals surface area contributed by atoms with Crippen molar-refractivity contribution < 1.29 is 9.68 Å². The Morgan fingerprint density at radius 2 is 1.30 bits per heavy atom. The van der Waals surface area contributed by atoms with E-state index in [4.69, 9.17) is 0 Å². The molecule has 0 fully saturated rings. The molecule has 2 N–H and O–H groups in total. The van der Waals surface area contributed by atoms with E-state index in [0.717, 1.165) is 0 Å². The van der Waals surface area contributed by atoms with E-state index in [-0.39, 0.29) is 0 Å². The number of hydroxylamine groups is 2. The predicted octanol–water partition coefficient (Wildman–Crippen LogP) is 0.316. The van der Waals surface area contributed by atoms with Crippen molar-refractivity contribution in [3.8, 4) is 0 Å². The summed E-state index contributed by atoms with van der Waals surface area (Å²) in [5, 5.41) is 0. The van der Waals surface area contributed by atoms with Crippen LogP contribution in [0.15, 0.2) is 24.6 Å². The van der Waals surface area contributed by atoms with Gasteiger partial charge >= 0.3 is 0 Å². The molecule has 4 heteroatoms. The standard InChI is InChI=1S/C6H12N2O2/c1-9-7-5-3-4-6-8-10-2/h3-8H,1-2H3. The van der Waals surface area contributed by atoms with E-state index in [1.165, 1.54) is 0 Å². The van der Waals surface area contributed by atoms with Crippen LogP contribution in [-0.2, 0) is 9.68 Å². The molecule has 0 bridgehead atoms. The molecule has 58 valence electrons. The Morgan fingerprint density at radius 1 is 0.900 bits per heavy atom. The van der Waals surface area contributed by atoms with Crippen LogP contribution in [0.1, 0.15) is 0 Å². The first kappa shape index (κ1) is 9.00. The second-order valence-electron chi connectivity index (χ2n) is 1.36. The van der Waals surface area contributed by atoms with Crippen molar-refractivity contribution in [2.45, 2.75) is 0 Å². The normalized spacial score (nSPS) is 11.0. The topological polar surface area (TPSA) is 42.5 Å². The smallest absolute Gasteiger partial charge is 0.0636 e. The van der Waals surface area contributed by atoms with E-state index in [0.29, 0.717) is 0 Å². The van der Waals surface area contributed by atoms with Gasteiger partial charge in [0.1, 0.15) is 0 Å². The summed E-state index contributed by atoms with van der Waals surface area (Å²) in [7, 11) is 3.09. The van der Waals surface area contributed by atoms with E-state index < -0.39 is 0 Å². The van der Waals surface area contributed by atoms with Gasteiger partial charge in [-0.25, -0.2) is 0 Å². The molecule has 0 aliphatic rings. The summed E-state index contributed by atoms with van der Waals surface area (Å²) in [4.78, 5) is 9.05. The second kappa shape index (κ2) is 8.00. The zero-order valence-electron chi connectivity index (χ0n) is 6.13. The molecule has 0 atom stereocenters. The van der Waals surface area contributed by atoms with Crippen LogP contribution in [0, 0.1) is 0 Å². The van der Waals surface area contributed by atoms with Crippen LogP contribution in [0.4, 0.5) is 0 Å². The zero-order valence-corrected chi connectivity index (χ0v) is 6.13. The lowest BCUT2D eigenvalue weighted by Gasteiger charge is -1.91. The molecule has 10 heavy (non-hydrogen) atoms. The largest absolute Gasteiger partial charge is 0.280 e. The van der Waals surface area contributed by atoms with Crippen LogP contribution in [0.3, 0.4) is 0 Å². The molecular formula is C6H12N2O2. The van der Waals surface area contributed by atoms with Crippen LogP contribution in [0.5, 0.6) is 0 Å². The highest BCUT2D eigenvalue weighted by Crippen LogP contribution is 1.70. The lowest BCUT2D eigenvalue weighted by Crippen LogP contribution is -2.01. The average Bonchev–Trinajstić information content (AvgIpc) is 1.97. The summed E-state index contributed by atoms with van der Waals surface area (Å²) in [6.45, 7) is 0. The molecule has 0 saturated heterocycles. The third-order valence-electron chi connectivity index (χ3n) is 0.675. The van der Waals surface area contributed by atoms with Gasteiger partial charge in [0.15, 0.2) is 0 Å². The maximum atomic E-state index is 4.53. The van der Waals surface area contributed by atoms with Gasteiger partial charge in [-0.05, 0) is 12.2 Å². The first-order valence-corrected chi connectivity index (χ1v) is 2.80. The van der Waals surface area contributed by atoms with Crippen molar-refractivity contribution in [1.29, 1.82) is 0 Å². The Morgan fingerprint density at radius 3 is 1.60 bits per heavy atom. The van der Waals surface area contributed by atoms with Crippen LogP contribution >= 0.6 is 0 Å². The summed E-state index contributed by atoms with van der Waals surface area (Å²) >= 11 is 0. The molecule has 0 unspecified atom stereocenters. The first-order valence-electron chi connectivity index (χ1n) is 2.80. The maximum absolute atomic E-state index is 4.53. The Kier molecular flexibility index (Phi) is 7.20. The molecule has 0 rings (SSSR count). The third-order valence-corrected chi connectivity index (χ3v) is 0.675. The molecule has 0 aliphatic heterocycles. The third kappa shape index (κ3) is 7.00. The number of nitrogens with one attached hydrogen (secondary N) is 2. The van der Waals surface area contributed by atoms with Gasteiger partial charge in [-0.15, -0.1) is 0 Å². The van der Waals surface area contributed by atoms with Crippen molar-refractivity contribution in [2.75, 3.05) is 14.2 Å². The minimum absolute atomic E-state index is 1.54. The summed E-state index contributed by atoms with van der Waals surface area (Å²) in [5.41, 5.74) is 5.05. The summed E-state index contributed by atoms with van der Waals surface area (Å²) in [5.74, 6) is 0. The number of allylic oxidation sites excluding steroid dienone is 2. The molecule has 0 heterocycles. The van der Waals surface area contributed by atoms with Crippen LogP contribution in [0.25, 0.3) is 0 Å². The SMILES string of the molecule is CONC=CC=CNOC. The molecule has 0 aromatic heterocycles. The van der Waals surface area contributed by atoms with E-state index in [1.54, 1.807) is 38.8 Å². The quantitative estimate of drug-likeness (QED) is 0.430. The molecular weight excluding hydrogens is 132 g/mol. The molecule has 0 saturated carbocycles. The highest BCUT2D eigenvalue weighted by Gasteiger charge is 1.65. The monoisotopic (exact) mass is 144 g/mol. The summed E-state index contributed by atoms with van der Waals surface area (Å²) < 4.78 is 0. The lowest BCUT2D eigenvalue weighted by molar-refractivity contribution is 0.127. The fourth-order valence-corrected chi connectivity index (χ4v) is 0.326. The van der Waals surface area contributed by atoms with Crippen LogP contribution in [-0.4, -0.2) is 14.2 Å². The van der Waals surface area contributed by atoms with Crippen molar-refractivity contribution in [3.05, 3.63) is 24.6 Å². The van der Waals surface area contributed by atoms with Gasteiger partial charge in [0.25, 0.3) is 0 Å². The summed E-state index contributed by atoms with van der Waals surface area (Å²) in [6.07, 6.45) is 6.81. The van der Waals surface area contributed by atoms with Crippen LogP contribution < -0.4 is 11.0 Å². The predicted molar refractivity (Wildman–Crippen MR) is 38.6 cm³/mol. The first-order chi connectivity index (χ1) is 4.91. The van der Waals surface area contributed by atoms with Gasteiger partial charge in [-0.1, -0.05) is 0 Å². The number of rotatable bonds is 5. The van der Waals surface area contributed by atoms with Gasteiger partial charge in [-0.2, -0.15) is 0 Å². The number of hydrogen-bond donors (Lipinski definition) is 2. The maximum Gasteiger partial charge on any atom is 0.0636 e. The van der Waals surface area contributed by atoms with Crippen molar-refractivity contribution >= 4 is 0 Å². The molecule has 4 nitrogen and oxygen atoms in total. The Labute approximate surface area is 60.4 Å². The Hall–Kier alpha value is -1.00. The van der Waals surface area contributed by atoms with E-state index in [2.05, 4.69) is 20.6 Å². The highest BCUT2D eigenvalue weighted by atomic mass is 16.6. The molecule has 0 aromatic carbocycles. The average molecular weight is 144 g/mol. The van der Waals surface area contributed by atoms with E-state index in [1.807, 2.05) is 0 Å². The fraction of sp³-hybridized carbons (Fsp3) is 0.333. The highest BCUT2D eigenvalue weighted by molar-refractivity contribution is 4.98. The fourth-order valence-electron chi connectivity index (χ4n) is 0.326. The van der Waals surface area contributed by atoms with Gasteiger partial charge in [0.2, 0.25) is 0 Å². The lowest BCUT2D eigenvalue weighted by atomic mass is 10.6. The molecule has 0 aliphatic carbocycles. The summed E-state index contributed by atoms with van der Waals surface area (Å²) in [6, 6.07) is 0. The van der Waals surface area contributed by atoms with E-state index >= 15 is 0 Å². The molecule has 0 amide bonds. The Balaban J connectivity index is 3.15. The second-order valence-corrected chi connectivity index (χ2v) is 1.36.